The van der Waals surface area contributed by atoms with E-state index in [2.05, 4.69) is 39.1 Å². The smallest absolute Gasteiger partial charge is 0.726 e. The van der Waals surface area contributed by atoms with E-state index < -0.39 is 207 Å². The monoisotopic (exact) mass is 1390 g/mol. The third-order valence-corrected chi connectivity index (χ3v) is 21.8. The summed E-state index contributed by atoms with van der Waals surface area (Å²) in [5.74, 6) is -1.12. The van der Waals surface area contributed by atoms with Crippen molar-refractivity contribution in [1.82, 2.24) is 0 Å². The van der Waals surface area contributed by atoms with Crippen molar-refractivity contribution in [3.05, 3.63) is 23.8 Å². The average Bonchev–Trinajstić information content (AvgIpc) is 1.55. The van der Waals surface area contributed by atoms with Gasteiger partial charge >= 0.3 is 94.6 Å². The summed E-state index contributed by atoms with van der Waals surface area (Å²) in [7, 11) is -15.4. The van der Waals surface area contributed by atoms with E-state index in [0.717, 1.165) is 19.1 Å². The molecule has 8 fully saturated rings. The zero-order valence-corrected chi connectivity index (χ0v) is 61.2. The molecule has 7 N–H and O–H groups in total. The number of fused-ring (bicyclic) bond motifs is 4. The standard InChI is InChI=1S/C54H84O31S3.3Na/c1-23(2)11-10-16-53(8)44-27(55)19-52(7)26-12-13-31-50(4,5)32(15-17-51(31,6)25(26)14-18-54(44,52)49(63)84-53)80-48-43(35(58)30(20-74-48)85-88(70,71)72)83-45-37(60)36(59)40(24(3)77-45)81-47-39(62)42(34(57)29(79-47)22-76-87(67,68)69)82-46-38(61)41(73-9)33(56)28(78-46)21-75-86(64,65)66;;;/h14,24,26,28-48,56-62H,1,10-13,15-22H2,2-9H3,(H,64,65,66)(H,67,68,69)(H,70,71,72);;;/q;3*+1/p-3/t24?,26?,28?,29?,30-,31?,32?,33-,34-,35?,36?,37?,38?,39?,40-,41?,42?,43?,44-,45+,46+,47+,48+,51-,52?,53?,54-;;;/m1.../s1. The van der Waals surface area contributed by atoms with Crippen LogP contribution < -0.4 is 88.7 Å². The number of esters is 1. The Hall–Kier alpha value is 0.590. The van der Waals surface area contributed by atoms with E-state index in [0.29, 0.717) is 44.9 Å². The fraction of sp³-hybridized carbons (Fsp3) is 0.889. The minimum Gasteiger partial charge on any atom is -0.726 e. The maximum Gasteiger partial charge on any atom is 1.00 e. The summed E-state index contributed by atoms with van der Waals surface area (Å²) < 4.78 is 176. The predicted molar refractivity (Wildman–Crippen MR) is 286 cm³/mol. The molecule has 31 nitrogen and oxygen atoms in total. The Morgan fingerprint density at radius 3 is 1.79 bits per heavy atom. The number of carbonyl (C=O) groups is 2. The minimum atomic E-state index is -5.51. The second-order valence-corrected chi connectivity index (χ2v) is 29.4. The number of rotatable bonds is 21. The summed E-state index contributed by atoms with van der Waals surface area (Å²) >= 11 is 0. The molecule has 9 rings (SSSR count). The number of aliphatic hydroxyl groups excluding tert-OH is 7. The summed E-state index contributed by atoms with van der Waals surface area (Å²) in [6, 6.07) is 0. The quantitative estimate of drug-likeness (QED) is 0.0140. The van der Waals surface area contributed by atoms with Crippen molar-refractivity contribution in [2.24, 2.45) is 39.4 Å². The van der Waals surface area contributed by atoms with Gasteiger partial charge in [-0.05, 0) is 100 Å². The van der Waals surface area contributed by atoms with Gasteiger partial charge < -0.3 is 96.8 Å². The zero-order chi connectivity index (χ0) is 65.0. The Labute approximate surface area is 595 Å². The molecule has 504 valence electrons. The molecule has 16 unspecified atom stereocenters. The average molecular weight is 1390 g/mol. The second kappa shape index (κ2) is 30.0. The maximum absolute atomic E-state index is 14.4. The van der Waals surface area contributed by atoms with Gasteiger partial charge in [0.15, 0.2) is 25.2 Å². The first-order valence-corrected chi connectivity index (χ1v) is 33.2. The van der Waals surface area contributed by atoms with Crippen molar-refractivity contribution in [1.29, 1.82) is 0 Å². The summed E-state index contributed by atoms with van der Waals surface area (Å²) in [4.78, 5) is 28.7. The summed E-state index contributed by atoms with van der Waals surface area (Å²) in [5.41, 5.74) is -1.72. The Morgan fingerprint density at radius 2 is 1.23 bits per heavy atom. The van der Waals surface area contributed by atoms with Gasteiger partial charge in [0, 0.05) is 13.5 Å². The van der Waals surface area contributed by atoms with Crippen LogP contribution in [0.2, 0.25) is 0 Å². The van der Waals surface area contributed by atoms with Crippen molar-refractivity contribution in [3.63, 3.8) is 0 Å². The number of Topliss-reactive ketones (excluding diaryl/α,β-unsaturated/α-hetero) is 1. The molecule has 9 aliphatic rings. The van der Waals surface area contributed by atoms with Crippen LogP contribution in [0, 0.1) is 39.4 Å². The van der Waals surface area contributed by atoms with Gasteiger partial charge in [0.25, 0.3) is 0 Å². The van der Waals surface area contributed by atoms with Crippen LogP contribution >= 0.6 is 0 Å². The summed E-state index contributed by atoms with van der Waals surface area (Å²) in [6.45, 7) is 14.2. The molecule has 0 aromatic carbocycles. The van der Waals surface area contributed by atoms with Gasteiger partial charge in [-0.15, -0.1) is 6.58 Å². The van der Waals surface area contributed by atoms with Gasteiger partial charge in [0.1, 0.15) is 96.8 Å². The molecule has 0 amide bonds. The number of hydrogen-bond acceptors (Lipinski definition) is 31. The number of carbonyl (C=O) groups excluding carboxylic acids is 2. The first kappa shape index (κ1) is 80.6. The second-order valence-electron chi connectivity index (χ2n) is 26.3. The normalized spacial score (nSPS) is 45.5. The largest absolute Gasteiger partial charge is 1.00 e. The van der Waals surface area contributed by atoms with Crippen LogP contribution in [0.25, 0.3) is 0 Å². The Kier molecular flexibility index (Phi) is 26.6. The minimum absolute atomic E-state index is 0. The van der Waals surface area contributed by atoms with Crippen molar-refractivity contribution in [3.8, 4) is 0 Å². The van der Waals surface area contributed by atoms with Crippen molar-refractivity contribution in [2.45, 2.75) is 235 Å². The molecule has 27 atom stereocenters. The van der Waals surface area contributed by atoms with E-state index in [-0.39, 0.29) is 119 Å². The molecule has 5 saturated heterocycles. The molecule has 0 radical (unpaired) electrons. The van der Waals surface area contributed by atoms with Crippen molar-refractivity contribution in [2.75, 3.05) is 26.9 Å². The van der Waals surface area contributed by atoms with Gasteiger partial charge in [-0.1, -0.05) is 44.9 Å². The van der Waals surface area contributed by atoms with Crippen LogP contribution in [-0.4, -0.2) is 242 Å². The number of hydrogen-bond donors (Lipinski definition) is 7. The summed E-state index contributed by atoms with van der Waals surface area (Å²) in [5, 5.41) is 80.0. The molecule has 4 aliphatic carbocycles. The predicted octanol–water partition coefficient (Wildman–Crippen LogP) is -10.7. The molecule has 0 aromatic heterocycles. The van der Waals surface area contributed by atoms with E-state index >= 15 is 0 Å². The topological polar surface area (TPSA) is 467 Å². The Bertz CT molecular complexity index is 2990. The van der Waals surface area contributed by atoms with Crippen molar-refractivity contribution >= 4 is 42.9 Å². The zero-order valence-electron chi connectivity index (χ0n) is 52.7. The number of aliphatic hydroxyl groups is 7. The van der Waals surface area contributed by atoms with E-state index in [1.807, 2.05) is 27.7 Å². The first-order chi connectivity index (χ1) is 40.7. The number of allylic oxidation sites excluding steroid dienone is 3. The number of cyclic esters (lactones) is 1. The molecule has 91 heavy (non-hydrogen) atoms. The molecular weight excluding hydrogens is 1310 g/mol. The maximum atomic E-state index is 14.4. The number of methoxy groups -OCH3 is 1. The Morgan fingerprint density at radius 1 is 0.681 bits per heavy atom. The SMILES string of the molecule is C=C(C)CCCC1(C)OC(=O)[C@]23CC=C4C(CCC5C(C)(C)C(O[C@@H]6OC[C@@H](OS(=O)(=O)[O-])C(O)C6O[C@@H]6OC(C)[C@@H](O[C@@H]7OC(COS(=O)(=O)[O-])[C@@H](O)C(O[C@@H]8OC(COS(=O)(=O)[O-])[C@@H](O)C(OC)C8O)C7O)C(O)C6O)CC[C@]45C)C2(C)CC(=O)[C@H]13.[Na+].[Na+].[Na+]. The molecule has 1 spiro atoms. The first-order valence-electron chi connectivity index (χ1n) is 29.2. The number of ketones is 1. The van der Waals surface area contributed by atoms with Gasteiger partial charge in [-0.3, -0.25) is 22.1 Å². The van der Waals surface area contributed by atoms with Gasteiger partial charge in [-0.2, -0.15) is 0 Å². The van der Waals surface area contributed by atoms with E-state index in [4.69, 9.17) is 47.4 Å². The van der Waals surface area contributed by atoms with Crippen LogP contribution in [0.1, 0.15) is 106 Å². The third-order valence-electron chi connectivity index (χ3n) is 20.5. The van der Waals surface area contributed by atoms with E-state index in [9.17, 15) is 84.2 Å². The van der Waals surface area contributed by atoms with Crippen LogP contribution in [0.15, 0.2) is 23.8 Å². The molecule has 0 bridgehead atoms. The fourth-order valence-corrected chi connectivity index (χ4v) is 17.4. The molecule has 0 aromatic rings. The molecule has 3 saturated carbocycles. The van der Waals surface area contributed by atoms with Crippen LogP contribution in [0.5, 0.6) is 0 Å². The molecule has 5 aliphatic heterocycles. The Balaban J connectivity index is 0.00000439. The summed E-state index contributed by atoms with van der Waals surface area (Å²) in [6.07, 6.45) is -31.1. The van der Waals surface area contributed by atoms with E-state index in [1.54, 1.807) is 0 Å². The van der Waals surface area contributed by atoms with Crippen molar-refractivity contribution < 1.29 is 233 Å². The number of ether oxygens (including phenoxy) is 10. The van der Waals surface area contributed by atoms with Crippen LogP contribution in [0.4, 0.5) is 0 Å². The fourth-order valence-electron chi connectivity index (χ4n) is 16.3. The van der Waals surface area contributed by atoms with Crippen LogP contribution in [0.3, 0.4) is 0 Å². The van der Waals surface area contributed by atoms with Gasteiger partial charge in [-0.25, -0.2) is 25.3 Å². The third kappa shape index (κ3) is 15.9. The van der Waals surface area contributed by atoms with E-state index in [1.165, 1.54) is 12.5 Å². The molecular formula is C54H81Na3O31S3. The molecule has 5 heterocycles. The van der Waals surface area contributed by atoms with Gasteiger partial charge in [0.2, 0.25) is 31.2 Å². The van der Waals surface area contributed by atoms with Gasteiger partial charge in [0.05, 0.1) is 43.4 Å². The van der Waals surface area contributed by atoms with Crippen LogP contribution in [-0.2, 0) is 101 Å². The molecule has 37 heteroatoms.